The van der Waals surface area contributed by atoms with Crippen molar-refractivity contribution < 1.29 is 24.1 Å². The molecule has 2 aromatic carbocycles. The van der Waals surface area contributed by atoms with E-state index in [0.717, 1.165) is 28.5 Å². The Bertz CT molecular complexity index is 1080. The van der Waals surface area contributed by atoms with Gasteiger partial charge in [-0.3, -0.25) is 0 Å². The standard InChI is InChI=1S/C26H31N3O5.C2H6/c1-19(32-3)14-20(10-11-31-2)16-28-23-7-5-4-6-22(23)24(30)17-27-18-29-21-8-9-25-26(15-21)34-13-12-33-25;1-2/h4-10,14-15,17-18,28,30H,11-13,16H2,1-3H3,(H,27,29);1-2H3/b19-14+,20-10+,24-17-;. The highest BCUT2D eigenvalue weighted by atomic mass is 16.6. The molecule has 0 saturated heterocycles. The van der Waals surface area contributed by atoms with Gasteiger partial charge in [-0.2, -0.15) is 0 Å². The van der Waals surface area contributed by atoms with Gasteiger partial charge in [0.15, 0.2) is 11.5 Å². The summed E-state index contributed by atoms with van der Waals surface area (Å²) in [6, 6.07) is 13.1. The molecule has 2 aromatic rings. The lowest BCUT2D eigenvalue weighted by Crippen LogP contribution is -2.15. The molecule has 36 heavy (non-hydrogen) atoms. The Hall–Kier alpha value is -3.91. The van der Waals surface area contributed by atoms with Crippen LogP contribution in [-0.4, -0.2) is 52.0 Å². The molecule has 194 valence electrons. The third-order valence-electron chi connectivity index (χ3n) is 4.95. The number of anilines is 2. The number of ether oxygens (including phenoxy) is 4. The van der Waals surface area contributed by atoms with E-state index < -0.39 is 0 Å². The first-order chi connectivity index (χ1) is 17.6. The highest BCUT2D eigenvalue weighted by molar-refractivity contribution is 5.78. The van der Waals surface area contributed by atoms with Crippen LogP contribution in [-0.2, 0) is 9.47 Å². The molecule has 3 rings (SSSR count). The van der Waals surface area contributed by atoms with Crippen molar-refractivity contribution in [2.24, 2.45) is 4.99 Å². The van der Waals surface area contributed by atoms with Gasteiger partial charge >= 0.3 is 0 Å². The number of methoxy groups -OCH3 is 2. The van der Waals surface area contributed by atoms with Crippen LogP contribution < -0.4 is 20.1 Å². The lowest BCUT2D eigenvalue weighted by Gasteiger charge is -2.18. The maximum atomic E-state index is 10.6. The van der Waals surface area contributed by atoms with Crippen LogP contribution in [0.3, 0.4) is 0 Å². The van der Waals surface area contributed by atoms with Crippen LogP contribution >= 0.6 is 0 Å². The highest BCUT2D eigenvalue weighted by Gasteiger charge is 2.11. The second-order valence-corrected chi connectivity index (χ2v) is 7.39. The van der Waals surface area contributed by atoms with Crippen molar-refractivity contribution in [3.63, 3.8) is 0 Å². The Labute approximate surface area is 214 Å². The first-order valence-corrected chi connectivity index (χ1v) is 11.9. The number of fused-ring (bicyclic) bond motifs is 1. The van der Waals surface area contributed by atoms with Crippen molar-refractivity contribution in [2.75, 3.05) is 51.2 Å². The zero-order valence-corrected chi connectivity index (χ0v) is 21.7. The summed E-state index contributed by atoms with van der Waals surface area (Å²) in [5.74, 6) is 2.25. The Morgan fingerprint density at radius 2 is 1.83 bits per heavy atom. The number of nitrogens with one attached hydrogen (secondary N) is 2. The smallest absolute Gasteiger partial charge is 0.163 e. The summed E-state index contributed by atoms with van der Waals surface area (Å²) in [7, 11) is 3.28. The summed E-state index contributed by atoms with van der Waals surface area (Å²) in [5.41, 5.74) is 3.22. The number of rotatable bonds is 11. The van der Waals surface area contributed by atoms with Crippen molar-refractivity contribution in [1.82, 2.24) is 0 Å². The van der Waals surface area contributed by atoms with E-state index in [2.05, 4.69) is 15.6 Å². The van der Waals surface area contributed by atoms with E-state index in [1.54, 1.807) is 14.2 Å². The van der Waals surface area contributed by atoms with Gasteiger partial charge < -0.3 is 34.7 Å². The van der Waals surface area contributed by atoms with Gasteiger partial charge in [-0.25, -0.2) is 4.99 Å². The zero-order chi connectivity index (χ0) is 26.2. The number of para-hydroxylation sites is 1. The molecule has 1 aliphatic rings. The Balaban J connectivity index is 0.00000222. The minimum atomic E-state index is 0.0364. The molecule has 1 heterocycles. The zero-order valence-electron chi connectivity index (χ0n) is 21.7. The van der Waals surface area contributed by atoms with Crippen LogP contribution in [0.4, 0.5) is 11.4 Å². The number of aliphatic imine (C=N–C) groups is 1. The average molecular weight is 496 g/mol. The lowest BCUT2D eigenvalue weighted by molar-refractivity contribution is 0.171. The van der Waals surface area contributed by atoms with Crippen LogP contribution in [0.5, 0.6) is 11.5 Å². The SMILES string of the molecule is CC.COC/C=C(\C=C(/C)OC)CNc1ccccc1/C(O)=C/N=CNc1ccc2c(c1)OCCO2. The Kier molecular flexibility index (Phi) is 12.5. The molecule has 0 saturated carbocycles. The van der Waals surface area contributed by atoms with Gasteiger partial charge in [-0.05, 0) is 42.8 Å². The predicted molar refractivity (Wildman–Crippen MR) is 147 cm³/mol. The van der Waals surface area contributed by atoms with Gasteiger partial charge in [0.2, 0.25) is 0 Å². The van der Waals surface area contributed by atoms with Gasteiger partial charge in [0.25, 0.3) is 0 Å². The normalized spacial score (nSPS) is 13.6. The minimum absolute atomic E-state index is 0.0364. The lowest BCUT2D eigenvalue weighted by atomic mass is 10.1. The second kappa shape index (κ2) is 15.9. The fourth-order valence-electron chi connectivity index (χ4n) is 3.17. The number of hydrogen-bond acceptors (Lipinski definition) is 7. The number of aliphatic hydroxyl groups is 1. The van der Waals surface area contributed by atoms with Gasteiger partial charge in [0.05, 0.1) is 32.0 Å². The van der Waals surface area contributed by atoms with E-state index in [0.29, 0.717) is 37.7 Å². The van der Waals surface area contributed by atoms with Crippen molar-refractivity contribution >= 4 is 23.5 Å². The summed E-state index contributed by atoms with van der Waals surface area (Å²) in [6.07, 6.45) is 6.81. The maximum absolute atomic E-state index is 10.6. The number of nitrogens with zero attached hydrogens (tertiary/aromatic N) is 1. The summed E-state index contributed by atoms with van der Waals surface area (Å²) in [5, 5.41) is 17.0. The van der Waals surface area contributed by atoms with E-state index in [1.807, 2.05) is 75.4 Å². The molecule has 0 amide bonds. The topological polar surface area (TPSA) is 93.6 Å². The monoisotopic (exact) mass is 495 g/mol. The fourth-order valence-corrected chi connectivity index (χ4v) is 3.17. The largest absolute Gasteiger partial charge is 0.506 e. The van der Waals surface area contributed by atoms with Crippen LogP contribution in [0, 0.1) is 0 Å². The van der Waals surface area contributed by atoms with Gasteiger partial charge in [-0.1, -0.05) is 32.1 Å². The van der Waals surface area contributed by atoms with Crippen molar-refractivity contribution in [3.05, 3.63) is 77.7 Å². The van der Waals surface area contributed by atoms with E-state index in [9.17, 15) is 5.11 Å². The summed E-state index contributed by atoms with van der Waals surface area (Å²) in [4.78, 5) is 4.18. The molecule has 0 spiro atoms. The van der Waals surface area contributed by atoms with Gasteiger partial charge in [0, 0.05) is 36.7 Å². The average Bonchev–Trinajstić information content (AvgIpc) is 2.93. The molecule has 0 fully saturated rings. The minimum Gasteiger partial charge on any atom is -0.506 e. The van der Waals surface area contributed by atoms with Crippen LogP contribution in [0.2, 0.25) is 0 Å². The van der Waals surface area contributed by atoms with Crippen LogP contribution in [0.25, 0.3) is 5.76 Å². The van der Waals surface area contributed by atoms with Crippen molar-refractivity contribution in [1.29, 1.82) is 0 Å². The third kappa shape index (κ3) is 9.03. The molecule has 0 radical (unpaired) electrons. The third-order valence-corrected chi connectivity index (χ3v) is 4.95. The molecular weight excluding hydrogens is 458 g/mol. The highest BCUT2D eigenvalue weighted by Crippen LogP contribution is 2.32. The number of aliphatic hydroxyl groups excluding tert-OH is 1. The molecule has 3 N–H and O–H groups in total. The number of hydrogen-bond donors (Lipinski definition) is 3. The molecule has 0 aromatic heterocycles. The van der Waals surface area contributed by atoms with E-state index in [1.165, 1.54) is 12.5 Å². The summed E-state index contributed by atoms with van der Waals surface area (Å²) >= 11 is 0. The first-order valence-electron chi connectivity index (χ1n) is 11.9. The van der Waals surface area contributed by atoms with Gasteiger partial charge in [-0.15, -0.1) is 0 Å². The Morgan fingerprint density at radius 3 is 2.58 bits per heavy atom. The van der Waals surface area contributed by atoms with E-state index >= 15 is 0 Å². The molecule has 0 unspecified atom stereocenters. The maximum Gasteiger partial charge on any atom is 0.163 e. The van der Waals surface area contributed by atoms with Crippen LogP contribution in [0.1, 0.15) is 26.3 Å². The quantitative estimate of drug-likeness (QED) is 0.152. The van der Waals surface area contributed by atoms with E-state index in [4.69, 9.17) is 18.9 Å². The van der Waals surface area contributed by atoms with E-state index in [-0.39, 0.29) is 5.76 Å². The fraction of sp³-hybridized carbons (Fsp3) is 0.321. The molecular formula is C28H37N3O5. The molecule has 0 bridgehead atoms. The summed E-state index contributed by atoms with van der Waals surface area (Å²) < 4.78 is 21.5. The number of allylic oxidation sites excluding steroid dienone is 1. The summed E-state index contributed by atoms with van der Waals surface area (Å²) in [6.45, 7) is 7.99. The second-order valence-electron chi connectivity index (χ2n) is 7.39. The Morgan fingerprint density at radius 1 is 1.08 bits per heavy atom. The molecule has 8 nitrogen and oxygen atoms in total. The molecule has 8 heteroatoms. The van der Waals surface area contributed by atoms with Crippen molar-refractivity contribution in [3.8, 4) is 11.5 Å². The predicted octanol–water partition coefficient (Wildman–Crippen LogP) is 6.02. The molecule has 0 aliphatic carbocycles. The van der Waals surface area contributed by atoms with Crippen LogP contribution in [0.15, 0.2) is 77.1 Å². The number of benzene rings is 2. The first kappa shape index (κ1) is 28.3. The molecule has 0 atom stereocenters. The van der Waals surface area contributed by atoms with Crippen molar-refractivity contribution in [2.45, 2.75) is 20.8 Å². The molecule has 1 aliphatic heterocycles. The van der Waals surface area contributed by atoms with Gasteiger partial charge in [0.1, 0.15) is 19.0 Å².